The van der Waals surface area contributed by atoms with Crippen LogP contribution >= 0.6 is 0 Å². The molecule has 6 heteroatoms. The number of ether oxygens (including phenoxy) is 1. The molecule has 1 aliphatic rings. The van der Waals surface area contributed by atoms with E-state index in [1.165, 1.54) is 0 Å². The van der Waals surface area contributed by atoms with E-state index in [1.54, 1.807) is 0 Å². The molecule has 12 heavy (non-hydrogen) atoms. The maximum absolute atomic E-state index is 9.01. The van der Waals surface area contributed by atoms with Crippen LogP contribution in [-0.4, -0.2) is 50.6 Å². The van der Waals surface area contributed by atoms with E-state index < -0.39 is 30.9 Å². The van der Waals surface area contributed by atoms with E-state index in [0.717, 1.165) is 0 Å². The molecule has 0 aromatic carbocycles. The van der Waals surface area contributed by atoms with Crippen LogP contribution in [0.1, 0.15) is 0 Å². The highest BCUT2D eigenvalue weighted by Crippen LogP contribution is 2.21. The van der Waals surface area contributed by atoms with E-state index in [4.69, 9.17) is 25.5 Å². The van der Waals surface area contributed by atoms with Crippen molar-refractivity contribution >= 4 is 0 Å². The van der Waals surface area contributed by atoms with Crippen LogP contribution in [0.25, 0.3) is 0 Å². The van der Waals surface area contributed by atoms with E-state index in [0.29, 0.717) is 0 Å². The van der Waals surface area contributed by atoms with E-state index in [-0.39, 0.29) is 5.76 Å². The molecule has 1 heterocycles. The Hall–Kier alpha value is -0.820. The Kier molecular flexibility index (Phi) is 2.53. The fourth-order valence-electron chi connectivity index (χ4n) is 0.877. The van der Waals surface area contributed by atoms with Gasteiger partial charge in [0.25, 0.3) is 0 Å². The molecule has 0 aliphatic carbocycles. The monoisotopic (exact) mass is 178 g/mol. The van der Waals surface area contributed by atoms with Crippen LogP contribution in [-0.2, 0) is 4.74 Å². The Balaban J connectivity index is 2.87. The highest BCUT2D eigenvalue weighted by Gasteiger charge is 2.36. The van der Waals surface area contributed by atoms with Crippen molar-refractivity contribution in [3.8, 4) is 0 Å². The van der Waals surface area contributed by atoms with Gasteiger partial charge in [-0.2, -0.15) is 0 Å². The lowest BCUT2D eigenvalue weighted by molar-refractivity contribution is -0.190. The van der Waals surface area contributed by atoms with Crippen LogP contribution in [0.2, 0.25) is 0 Å². The molecule has 0 saturated carbocycles. The van der Waals surface area contributed by atoms with Gasteiger partial charge in [-0.3, -0.25) is 0 Å². The molecule has 3 atom stereocenters. The van der Waals surface area contributed by atoms with Crippen LogP contribution in [0.5, 0.6) is 0 Å². The molecule has 0 unspecified atom stereocenters. The summed E-state index contributed by atoms with van der Waals surface area (Å²) in [7, 11) is 0. The minimum atomic E-state index is -1.63. The van der Waals surface area contributed by atoms with Gasteiger partial charge in [0.05, 0.1) is 0 Å². The standard InChI is InChI=1S/C6H10O6/c7-1-2-3(8)4(9)5(10)6(11)12-2/h4-11H,1H2/t4-,5+,6+/m0/s1. The zero-order chi connectivity index (χ0) is 9.30. The SMILES string of the molecule is OCC1=C(O)[C@H](O)[C@@H](O)[C@H](O)O1. The minimum absolute atomic E-state index is 0.333. The van der Waals surface area contributed by atoms with Crippen LogP contribution in [0, 0.1) is 0 Å². The molecule has 0 aromatic heterocycles. The molecule has 70 valence electrons. The molecule has 1 rings (SSSR count). The van der Waals surface area contributed by atoms with Gasteiger partial charge in [0.2, 0.25) is 6.29 Å². The zero-order valence-electron chi connectivity index (χ0n) is 6.08. The molecular formula is C6H10O6. The summed E-state index contributed by atoms with van der Waals surface area (Å²) in [5.74, 6) is -0.990. The summed E-state index contributed by atoms with van der Waals surface area (Å²) in [6.07, 6.45) is -4.84. The van der Waals surface area contributed by atoms with E-state index in [2.05, 4.69) is 4.74 Å². The smallest absolute Gasteiger partial charge is 0.226 e. The van der Waals surface area contributed by atoms with Crippen LogP contribution < -0.4 is 0 Å². The summed E-state index contributed by atoms with van der Waals surface area (Å²) in [6, 6.07) is 0. The lowest BCUT2D eigenvalue weighted by Crippen LogP contribution is -2.44. The number of hydrogen-bond donors (Lipinski definition) is 5. The third-order valence-corrected chi connectivity index (χ3v) is 1.59. The lowest BCUT2D eigenvalue weighted by Gasteiger charge is -2.29. The van der Waals surface area contributed by atoms with Crippen molar-refractivity contribution in [2.45, 2.75) is 18.5 Å². The molecule has 0 radical (unpaired) electrons. The zero-order valence-corrected chi connectivity index (χ0v) is 6.08. The summed E-state index contributed by atoms with van der Waals surface area (Å²) in [5, 5.41) is 44.4. The molecular weight excluding hydrogens is 168 g/mol. The van der Waals surface area contributed by atoms with Gasteiger partial charge in [-0.15, -0.1) is 0 Å². The van der Waals surface area contributed by atoms with Crippen molar-refractivity contribution in [1.29, 1.82) is 0 Å². The third-order valence-electron chi connectivity index (χ3n) is 1.59. The van der Waals surface area contributed by atoms with Crippen molar-refractivity contribution < 1.29 is 30.3 Å². The topological polar surface area (TPSA) is 110 Å². The lowest BCUT2D eigenvalue weighted by atomic mass is 10.1. The first-order valence-electron chi connectivity index (χ1n) is 3.31. The molecule has 6 nitrogen and oxygen atoms in total. The Morgan fingerprint density at radius 1 is 1.25 bits per heavy atom. The largest absolute Gasteiger partial charge is 0.506 e. The fraction of sp³-hybridized carbons (Fsp3) is 0.667. The normalized spacial score (nSPS) is 36.5. The first-order valence-corrected chi connectivity index (χ1v) is 3.31. The van der Waals surface area contributed by atoms with Gasteiger partial charge in [-0.1, -0.05) is 0 Å². The Morgan fingerprint density at radius 3 is 2.33 bits per heavy atom. The summed E-state index contributed by atoms with van der Waals surface area (Å²) < 4.78 is 4.46. The third kappa shape index (κ3) is 1.37. The summed E-state index contributed by atoms with van der Waals surface area (Å²) >= 11 is 0. The number of rotatable bonds is 1. The van der Waals surface area contributed by atoms with Gasteiger partial charge >= 0.3 is 0 Å². The van der Waals surface area contributed by atoms with E-state index in [1.807, 2.05) is 0 Å². The highest BCUT2D eigenvalue weighted by atomic mass is 16.6. The van der Waals surface area contributed by atoms with Crippen molar-refractivity contribution in [2.24, 2.45) is 0 Å². The van der Waals surface area contributed by atoms with Crippen molar-refractivity contribution in [1.82, 2.24) is 0 Å². The fourth-order valence-corrected chi connectivity index (χ4v) is 0.877. The van der Waals surface area contributed by atoms with Crippen molar-refractivity contribution in [3.05, 3.63) is 11.5 Å². The van der Waals surface area contributed by atoms with Crippen LogP contribution in [0.15, 0.2) is 11.5 Å². The second kappa shape index (κ2) is 3.28. The highest BCUT2D eigenvalue weighted by molar-refractivity contribution is 5.11. The second-order valence-corrected chi connectivity index (χ2v) is 2.41. The van der Waals surface area contributed by atoms with Gasteiger partial charge in [-0.05, 0) is 0 Å². The molecule has 0 fully saturated rings. The first-order chi connectivity index (χ1) is 5.57. The summed E-state index contributed by atoms with van der Waals surface area (Å²) in [5.41, 5.74) is 0. The van der Waals surface area contributed by atoms with E-state index >= 15 is 0 Å². The van der Waals surface area contributed by atoms with Gasteiger partial charge < -0.3 is 30.3 Å². The number of hydrogen-bond acceptors (Lipinski definition) is 6. The predicted molar refractivity (Wildman–Crippen MR) is 35.8 cm³/mol. The van der Waals surface area contributed by atoms with Crippen LogP contribution in [0.4, 0.5) is 0 Å². The minimum Gasteiger partial charge on any atom is -0.506 e. The average molecular weight is 178 g/mol. The molecule has 0 amide bonds. The van der Waals surface area contributed by atoms with Gasteiger partial charge in [0, 0.05) is 0 Å². The quantitative estimate of drug-likeness (QED) is 0.312. The van der Waals surface area contributed by atoms with Gasteiger partial charge in [-0.25, -0.2) is 0 Å². The van der Waals surface area contributed by atoms with E-state index in [9.17, 15) is 0 Å². The maximum atomic E-state index is 9.01. The average Bonchev–Trinajstić information content (AvgIpc) is 2.08. The number of aliphatic hydroxyl groups is 5. The molecule has 0 spiro atoms. The maximum Gasteiger partial charge on any atom is 0.226 e. The molecule has 0 saturated heterocycles. The van der Waals surface area contributed by atoms with Crippen molar-refractivity contribution in [2.75, 3.05) is 6.61 Å². The Bertz CT molecular complexity index is 200. The number of aliphatic hydroxyl groups excluding tert-OH is 5. The summed E-state index contributed by atoms with van der Waals surface area (Å²) in [4.78, 5) is 0. The second-order valence-electron chi connectivity index (χ2n) is 2.41. The first kappa shape index (κ1) is 9.27. The predicted octanol–water partition coefficient (Wildman–Crippen LogP) is -2.18. The van der Waals surface area contributed by atoms with Gasteiger partial charge in [0.1, 0.15) is 18.8 Å². The Labute approximate surface area is 68.0 Å². The molecule has 5 N–H and O–H groups in total. The van der Waals surface area contributed by atoms with Crippen LogP contribution in [0.3, 0.4) is 0 Å². The Morgan fingerprint density at radius 2 is 1.83 bits per heavy atom. The van der Waals surface area contributed by atoms with Crippen molar-refractivity contribution in [3.63, 3.8) is 0 Å². The molecule has 0 aromatic rings. The van der Waals surface area contributed by atoms with Gasteiger partial charge in [0.15, 0.2) is 11.5 Å². The molecule has 0 bridgehead atoms. The summed E-state index contributed by atoms with van der Waals surface area (Å²) in [6.45, 7) is -0.646. The molecule has 1 aliphatic heterocycles.